The van der Waals surface area contributed by atoms with Gasteiger partial charge in [0.15, 0.2) is 0 Å². The molecule has 0 aliphatic heterocycles. The van der Waals surface area contributed by atoms with Crippen molar-refractivity contribution in [2.45, 2.75) is 20.0 Å². The lowest BCUT2D eigenvalue weighted by Gasteiger charge is -2.10. The van der Waals surface area contributed by atoms with Crippen LogP contribution < -0.4 is 10.1 Å². The van der Waals surface area contributed by atoms with Crippen molar-refractivity contribution in [3.63, 3.8) is 0 Å². The summed E-state index contributed by atoms with van der Waals surface area (Å²) in [6.45, 7) is 3.77. The molecule has 0 unspecified atom stereocenters. The van der Waals surface area contributed by atoms with E-state index in [4.69, 9.17) is 16.3 Å². The zero-order valence-electron chi connectivity index (χ0n) is 10.7. The van der Waals surface area contributed by atoms with E-state index in [1.54, 1.807) is 0 Å². The number of halogens is 3. The topological polar surface area (TPSA) is 59.9 Å². The van der Waals surface area contributed by atoms with Crippen LogP contribution in [-0.4, -0.2) is 21.1 Å². The maximum Gasteiger partial charge on any atom is 0.322 e. The normalized spacial score (nSPS) is 10.7. The standard InChI is InChI=1S/C12H11Br2ClN4O/c1-6(2)20-12-18-10(15)17-11(19-12)16-9-5-7(13)3-4-8(9)14/h3-6H,1-2H3,(H,16,17,18,19). The van der Waals surface area contributed by atoms with Crippen molar-refractivity contribution in [3.05, 3.63) is 32.4 Å². The summed E-state index contributed by atoms with van der Waals surface area (Å²) in [5.41, 5.74) is 0.803. The number of benzene rings is 1. The summed E-state index contributed by atoms with van der Waals surface area (Å²) in [7, 11) is 0. The van der Waals surface area contributed by atoms with Crippen molar-refractivity contribution in [1.82, 2.24) is 15.0 Å². The first-order valence-corrected chi connectivity index (χ1v) is 7.71. The molecule has 0 atom stereocenters. The number of hydrogen-bond acceptors (Lipinski definition) is 5. The number of hydrogen-bond donors (Lipinski definition) is 1. The molecular formula is C12H11Br2ClN4O. The number of nitrogens with zero attached hydrogens (tertiary/aromatic N) is 3. The van der Waals surface area contributed by atoms with E-state index in [1.807, 2.05) is 32.0 Å². The Morgan fingerprint density at radius 1 is 1.20 bits per heavy atom. The Hall–Kier alpha value is -0.920. The minimum atomic E-state index is -0.0427. The van der Waals surface area contributed by atoms with E-state index in [0.29, 0.717) is 5.95 Å². The average Bonchev–Trinajstić information content (AvgIpc) is 2.32. The van der Waals surface area contributed by atoms with E-state index in [2.05, 4.69) is 52.1 Å². The molecule has 1 aromatic heterocycles. The zero-order chi connectivity index (χ0) is 14.7. The minimum Gasteiger partial charge on any atom is -0.461 e. The van der Waals surface area contributed by atoms with E-state index < -0.39 is 0 Å². The molecule has 106 valence electrons. The Morgan fingerprint density at radius 3 is 2.65 bits per heavy atom. The number of rotatable bonds is 4. The predicted molar refractivity (Wildman–Crippen MR) is 85.7 cm³/mol. The van der Waals surface area contributed by atoms with Gasteiger partial charge in [-0.25, -0.2) is 0 Å². The number of anilines is 2. The zero-order valence-corrected chi connectivity index (χ0v) is 14.6. The molecule has 20 heavy (non-hydrogen) atoms. The van der Waals surface area contributed by atoms with Gasteiger partial charge >= 0.3 is 6.01 Å². The van der Waals surface area contributed by atoms with Crippen molar-refractivity contribution < 1.29 is 4.74 Å². The van der Waals surface area contributed by atoms with Gasteiger partial charge in [0.2, 0.25) is 11.2 Å². The van der Waals surface area contributed by atoms with Gasteiger partial charge in [-0.15, -0.1) is 0 Å². The molecule has 2 rings (SSSR count). The Bertz CT molecular complexity index is 624. The first kappa shape index (κ1) is 15.5. The largest absolute Gasteiger partial charge is 0.461 e. The van der Waals surface area contributed by atoms with Crippen LogP contribution in [-0.2, 0) is 0 Å². The summed E-state index contributed by atoms with van der Waals surface area (Å²) in [5, 5.41) is 3.14. The van der Waals surface area contributed by atoms with Crippen molar-refractivity contribution in [1.29, 1.82) is 0 Å². The van der Waals surface area contributed by atoms with Crippen LogP contribution in [0.2, 0.25) is 5.28 Å². The summed E-state index contributed by atoms with van der Waals surface area (Å²) in [6, 6.07) is 5.91. The lowest BCUT2D eigenvalue weighted by atomic mass is 10.3. The van der Waals surface area contributed by atoms with E-state index in [9.17, 15) is 0 Å². The van der Waals surface area contributed by atoms with Gasteiger partial charge in [0, 0.05) is 8.95 Å². The molecule has 0 aliphatic carbocycles. The van der Waals surface area contributed by atoms with Crippen molar-refractivity contribution in [2.24, 2.45) is 0 Å². The molecule has 0 fully saturated rings. The van der Waals surface area contributed by atoms with Crippen LogP contribution in [0.1, 0.15) is 13.8 Å². The quantitative estimate of drug-likeness (QED) is 0.782. The molecule has 2 aromatic rings. The van der Waals surface area contributed by atoms with E-state index in [-0.39, 0.29) is 17.4 Å². The number of ether oxygens (including phenoxy) is 1. The van der Waals surface area contributed by atoms with Gasteiger partial charge in [-0.1, -0.05) is 15.9 Å². The fourth-order valence-corrected chi connectivity index (χ4v) is 2.22. The highest BCUT2D eigenvalue weighted by molar-refractivity contribution is 9.11. The highest BCUT2D eigenvalue weighted by Gasteiger charge is 2.09. The fourth-order valence-electron chi connectivity index (χ4n) is 1.37. The Balaban J connectivity index is 2.28. The SMILES string of the molecule is CC(C)Oc1nc(Cl)nc(Nc2cc(Br)ccc2Br)n1. The first-order valence-electron chi connectivity index (χ1n) is 5.74. The first-order chi connectivity index (χ1) is 9.44. The van der Waals surface area contributed by atoms with Crippen LogP contribution >= 0.6 is 43.5 Å². The van der Waals surface area contributed by atoms with Crippen LogP contribution in [0, 0.1) is 0 Å². The lowest BCUT2D eigenvalue weighted by Crippen LogP contribution is -2.10. The maximum atomic E-state index is 5.87. The van der Waals surface area contributed by atoms with Crippen molar-refractivity contribution >= 4 is 55.1 Å². The van der Waals surface area contributed by atoms with Crippen LogP contribution in [0.25, 0.3) is 0 Å². The summed E-state index contributed by atoms with van der Waals surface area (Å²) in [4.78, 5) is 12.1. The van der Waals surface area contributed by atoms with E-state index in [0.717, 1.165) is 14.6 Å². The molecule has 0 spiro atoms. The Morgan fingerprint density at radius 2 is 1.95 bits per heavy atom. The number of aromatic nitrogens is 3. The Labute approximate surface area is 138 Å². The summed E-state index contributed by atoms with van der Waals surface area (Å²) in [6.07, 6.45) is -0.0427. The van der Waals surface area contributed by atoms with Gasteiger partial charge in [-0.2, -0.15) is 15.0 Å². The Kier molecular flexibility index (Phi) is 5.17. The van der Waals surface area contributed by atoms with Gasteiger partial charge in [-0.05, 0) is 59.6 Å². The van der Waals surface area contributed by atoms with E-state index >= 15 is 0 Å². The maximum absolute atomic E-state index is 5.87. The monoisotopic (exact) mass is 420 g/mol. The molecule has 1 N–H and O–H groups in total. The molecule has 8 heteroatoms. The fraction of sp³-hybridized carbons (Fsp3) is 0.250. The second kappa shape index (κ2) is 6.69. The van der Waals surface area contributed by atoms with Crippen LogP contribution in [0.3, 0.4) is 0 Å². The molecule has 0 bridgehead atoms. The molecule has 0 amide bonds. The second-order valence-corrected chi connectivity index (χ2v) is 6.23. The molecule has 0 saturated carbocycles. The molecule has 1 aromatic carbocycles. The van der Waals surface area contributed by atoms with Crippen molar-refractivity contribution in [2.75, 3.05) is 5.32 Å². The summed E-state index contributed by atoms with van der Waals surface area (Å²) < 4.78 is 7.23. The number of nitrogens with one attached hydrogen (secondary N) is 1. The van der Waals surface area contributed by atoms with Gasteiger partial charge in [0.25, 0.3) is 0 Å². The molecule has 5 nitrogen and oxygen atoms in total. The molecule has 0 aliphatic rings. The van der Waals surface area contributed by atoms with Gasteiger partial charge < -0.3 is 10.1 Å². The van der Waals surface area contributed by atoms with Crippen LogP contribution in [0.4, 0.5) is 11.6 Å². The lowest BCUT2D eigenvalue weighted by molar-refractivity contribution is 0.222. The van der Waals surface area contributed by atoms with Gasteiger partial charge in [0.1, 0.15) is 0 Å². The second-order valence-electron chi connectivity index (χ2n) is 4.13. The third-order valence-corrected chi connectivity index (χ3v) is 3.46. The van der Waals surface area contributed by atoms with Crippen LogP contribution in [0.5, 0.6) is 6.01 Å². The highest BCUT2D eigenvalue weighted by Crippen LogP contribution is 2.28. The summed E-state index contributed by atoms with van der Waals surface area (Å²) in [5.74, 6) is 0.319. The molecule has 0 saturated heterocycles. The minimum absolute atomic E-state index is 0.0427. The third kappa shape index (κ3) is 4.29. The van der Waals surface area contributed by atoms with Crippen molar-refractivity contribution in [3.8, 4) is 6.01 Å². The van der Waals surface area contributed by atoms with E-state index in [1.165, 1.54) is 0 Å². The summed E-state index contributed by atoms with van der Waals surface area (Å²) >= 11 is 12.7. The molecule has 0 radical (unpaired) electrons. The van der Waals surface area contributed by atoms with Crippen LogP contribution in [0.15, 0.2) is 27.1 Å². The smallest absolute Gasteiger partial charge is 0.322 e. The van der Waals surface area contributed by atoms with Gasteiger partial charge in [0.05, 0.1) is 11.8 Å². The third-order valence-electron chi connectivity index (χ3n) is 2.10. The van der Waals surface area contributed by atoms with Gasteiger partial charge in [-0.3, -0.25) is 0 Å². The highest BCUT2D eigenvalue weighted by atomic mass is 79.9. The average molecular weight is 423 g/mol. The predicted octanol–water partition coefficient (Wildman–Crippen LogP) is 4.58. The molecular weight excluding hydrogens is 411 g/mol. The molecule has 1 heterocycles.